The SMILES string of the molecule is CC(=O)c1ccc(NC(=O)CCN2C(=O)COc3ccc(C)cc32)cc1. The lowest BCUT2D eigenvalue weighted by molar-refractivity contribution is -0.121. The summed E-state index contributed by atoms with van der Waals surface area (Å²) in [6, 6.07) is 12.3. The maximum Gasteiger partial charge on any atom is 0.265 e. The Bertz CT molecular complexity index is 859. The lowest BCUT2D eigenvalue weighted by Crippen LogP contribution is -2.40. The van der Waals surface area contributed by atoms with E-state index in [0.717, 1.165) is 5.56 Å². The highest BCUT2D eigenvalue weighted by molar-refractivity contribution is 5.99. The third-order valence-corrected chi connectivity index (χ3v) is 4.20. The molecule has 0 aromatic heterocycles. The number of nitrogens with one attached hydrogen (secondary N) is 1. The van der Waals surface area contributed by atoms with Gasteiger partial charge in [0.1, 0.15) is 5.75 Å². The van der Waals surface area contributed by atoms with Gasteiger partial charge in [-0.2, -0.15) is 0 Å². The molecule has 2 aromatic carbocycles. The van der Waals surface area contributed by atoms with E-state index in [1.165, 1.54) is 6.92 Å². The summed E-state index contributed by atoms with van der Waals surface area (Å²) in [5, 5.41) is 2.78. The first kappa shape index (κ1) is 17.7. The van der Waals surface area contributed by atoms with Gasteiger partial charge in [0.2, 0.25) is 5.91 Å². The van der Waals surface area contributed by atoms with Crippen molar-refractivity contribution in [1.29, 1.82) is 0 Å². The number of Topliss-reactive ketones (excluding diaryl/α,β-unsaturated/α-hetero) is 1. The first-order chi connectivity index (χ1) is 12.4. The molecule has 0 bridgehead atoms. The highest BCUT2D eigenvalue weighted by Crippen LogP contribution is 2.32. The number of carbonyl (C=O) groups excluding carboxylic acids is 3. The van der Waals surface area contributed by atoms with Gasteiger partial charge in [-0.15, -0.1) is 0 Å². The van der Waals surface area contributed by atoms with E-state index in [2.05, 4.69) is 5.32 Å². The predicted octanol–water partition coefficient (Wildman–Crippen LogP) is 2.95. The second-order valence-electron chi connectivity index (χ2n) is 6.24. The fourth-order valence-corrected chi connectivity index (χ4v) is 2.78. The number of carbonyl (C=O) groups is 3. The molecule has 26 heavy (non-hydrogen) atoms. The average molecular weight is 352 g/mol. The quantitative estimate of drug-likeness (QED) is 0.840. The van der Waals surface area contributed by atoms with Gasteiger partial charge in [-0.3, -0.25) is 14.4 Å². The number of rotatable bonds is 5. The van der Waals surface area contributed by atoms with Crippen LogP contribution in [0.15, 0.2) is 42.5 Å². The van der Waals surface area contributed by atoms with Crippen LogP contribution < -0.4 is 15.0 Å². The van der Waals surface area contributed by atoms with Gasteiger partial charge in [-0.05, 0) is 55.8 Å². The number of hydrogen-bond acceptors (Lipinski definition) is 4. The zero-order valence-corrected chi connectivity index (χ0v) is 14.7. The maximum atomic E-state index is 12.2. The molecule has 0 saturated heterocycles. The minimum atomic E-state index is -0.200. The molecule has 0 aliphatic carbocycles. The van der Waals surface area contributed by atoms with Gasteiger partial charge in [-0.25, -0.2) is 0 Å². The molecule has 6 nitrogen and oxygen atoms in total. The van der Waals surface area contributed by atoms with Crippen LogP contribution in [0.5, 0.6) is 5.75 Å². The van der Waals surface area contributed by atoms with Crippen molar-refractivity contribution in [2.24, 2.45) is 0 Å². The van der Waals surface area contributed by atoms with Crippen LogP contribution in [0, 0.1) is 6.92 Å². The molecule has 0 radical (unpaired) electrons. The molecule has 0 atom stereocenters. The lowest BCUT2D eigenvalue weighted by Gasteiger charge is -2.29. The Hall–Kier alpha value is -3.15. The number of nitrogens with zero attached hydrogens (tertiary/aromatic N) is 1. The van der Waals surface area contributed by atoms with Crippen LogP contribution in [-0.2, 0) is 9.59 Å². The first-order valence-corrected chi connectivity index (χ1v) is 8.39. The molecule has 2 amide bonds. The fourth-order valence-electron chi connectivity index (χ4n) is 2.78. The van der Waals surface area contributed by atoms with Crippen molar-refractivity contribution in [3.05, 3.63) is 53.6 Å². The largest absolute Gasteiger partial charge is 0.482 e. The van der Waals surface area contributed by atoms with Crippen molar-refractivity contribution in [2.45, 2.75) is 20.3 Å². The molecule has 6 heteroatoms. The molecular formula is C20H20N2O4. The van der Waals surface area contributed by atoms with Gasteiger partial charge < -0.3 is 15.0 Å². The number of aryl methyl sites for hydroxylation is 1. The number of fused-ring (bicyclic) bond motifs is 1. The van der Waals surface area contributed by atoms with E-state index in [1.54, 1.807) is 29.2 Å². The van der Waals surface area contributed by atoms with Crippen molar-refractivity contribution < 1.29 is 19.1 Å². The van der Waals surface area contributed by atoms with Gasteiger partial charge in [0.15, 0.2) is 12.4 Å². The third kappa shape index (κ3) is 3.91. The van der Waals surface area contributed by atoms with E-state index >= 15 is 0 Å². The maximum absolute atomic E-state index is 12.2. The zero-order chi connectivity index (χ0) is 18.7. The zero-order valence-electron chi connectivity index (χ0n) is 14.7. The lowest BCUT2D eigenvalue weighted by atomic mass is 10.1. The number of ketones is 1. The van der Waals surface area contributed by atoms with Crippen LogP contribution >= 0.6 is 0 Å². The normalized spacial score (nSPS) is 13.0. The Morgan fingerprint density at radius 3 is 2.58 bits per heavy atom. The topological polar surface area (TPSA) is 75.7 Å². The highest BCUT2D eigenvalue weighted by atomic mass is 16.5. The molecule has 3 rings (SSSR count). The van der Waals surface area contributed by atoms with Crippen molar-refractivity contribution >= 4 is 29.0 Å². The van der Waals surface area contributed by atoms with Crippen LogP contribution in [0.3, 0.4) is 0 Å². The summed E-state index contributed by atoms with van der Waals surface area (Å²) in [6.07, 6.45) is 0.160. The Kier molecular flexibility index (Phi) is 5.02. The van der Waals surface area contributed by atoms with Crippen molar-refractivity contribution in [1.82, 2.24) is 0 Å². The average Bonchev–Trinajstić information content (AvgIpc) is 2.61. The van der Waals surface area contributed by atoms with E-state index in [9.17, 15) is 14.4 Å². The molecule has 0 unspecified atom stereocenters. The molecule has 1 heterocycles. The molecule has 2 aromatic rings. The smallest absolute Gasteiger partial charge is 0.265 e. The highest BCUT2D eigenvalue weighted by Gasteiger charge is 2.25. The van der Waals surface area contributed by atoms with E-state index in [1.807, 2.05) is 25.1 Å². The van der Waals surface area contributed by atoms with Crippen molar-refractivity contribution in [3.8, 4) is 5.75 Å². The Morgan fingerprint density at radius 2 is 1.88 bits per heavy atom. The number of amides is 2. The second-order valence-corrected chi connectivity index (χ2v) is 6.24. The molecule has 1 N–H and O–H groups in total. The van der Waals surface area contributed by atoms with Gasteiger partial charge in [0.25, 0.3) is 5.91 Å². The monoisotopic (exact) mass is 352 g/mol. The molecule has 0 saturated carbocycles. The van der Waals surface area contributed by atoms with E-state index in [4.69, 9.17) is 4.74 Å². The van der Waals surface area contributed by atoms with Gasteiger partial charge in [0, 0.05) is 24.2 Å². The number of hydrogen-bond donors (Lipinski definition) is 1. The van der Waals surface area contributed by atoms with Gasteiger partial charge >= 0.3 is 0 Å². The summed E-state index contributed by atoms with van der Waals surface area (Å²) in [6.45, 7) is 3.68. The first-order valence-electron chi connectivity index (χ1n) is 8.39. The van der Waals surface area contributed by atoms with Crippen molar-refractivity contribution in [2.75, 3.05) is 23.4 Å². The molecule has 0 fully saturated rings. The summed E-state index contributed by atoms with van der Waals surface area (Å²) in [4.78, 5) is 37.3. The van der Waals surface area contributed by atoms with Crippen molar-refractivity contribution in [3.63, 3.8) is 0 Å². The van der Waals surface area contributed by atoms with E-state index < -0.39 is 0 Å². The standard InChI is InChI=1S/C20H20N2O4/c1-13-3-8-18-17(11-13)22(20(25)12-26-18)10-9-19(24)21-16-6-4-15(5-7-16)14(2)23/h3-8,11H,9-10,12H2,1-2H3,(H,21,24). The summed E-state index contributed by atoms with van der Waals surface area (Å²) in [5.74, 6) is 0.258. The number of anilines is 2. The minimum Gasteiger partial charge on any atom is -0.482 e. The second kappa shape index (κ2) is 7.39. The van der Waals surface area contributed by atoms with Gasteiger partial charge in [-0.1, -0.05) is 6.07 Å². The van der Waals surface area contributed by atoms with Gasteiger partial charge in [0.05, 0.1) is 5.69 Å². The predicted molar refractivity (Wildman–Crippen MR) is 98.7 cm³/mol. The fraction of sp³-hybridized carbons (Fsp3) is 0.250. The summed E-state index contributed by atoms with van der Waals surface area (Å²) in [5.41, 5.74) is 2.92. The molecule has 134 valence electrons. The van der Waals surface area contributed by atoms with Crippen LogP contribution in [0.2, 0.25) is 0 Å². The van der Waals surface area contributed by atoms with Crippen LogP contribution in [0.1, 0.15) is 29.3 Å². The van der Waals surface area contributed by atoms with E-state index in [-0.39, 0.29) is 37.2 Å². The molecule has 1 aliphatic rings. The molecule has 0 spiro atoms. The molecular weight excluding hydrogens is 332 g/mol. The van der Waals surface area contributed by atoms with E-state index in [0.29, 0.717) is 22.7 Å². The number of ether oxygens (including phenoxy) is 1. The summed E-state index contributed by atoms with van der Waals surface area (Å²) < 4.78 is 5.43. The Morgan fingerprint density at radius 1 is 1.15 bits per heavy atom. The van der Waals surface area contributed by atoms with Crippen LogP contribution in [0.4, 0.5) is 11.4 Å². The number of benzene rings is 2. The summed E-state index contributed by atoms with van der Waals surface area (Å²) in [7, 11) is 0. The third-order valence-electron chi connectivity index (χ3n) is 4.20. The van der Waals surface area contributed by atoms with Crippen LogP contribution in [0.25, 0.3) is 0 Å². The Labute approximate surface area is 151 Å². The minimum absolute atomic E-state index is 0.0236. The molecule has 1 aliphatic heterocycles. The summed E-state index contributed by atoms with van der Waals surface area (Å²) >= 11 is 0. The Balaban J connectivity index is 1.63. The van der Waals surface area contributed by atoms with Crippen LogP contribution in [-0.4, -0.2) is 30.7 Å².